The number of unbranched alkanes of at least 4 members (excludes halogenated alkanes) is 6. The van der Waals surface area contributed by atoms with Gasteiger partial charge < -0.3 is 0 Å². The number of rotatable bonds is 21. The molecule has 0 saturated carbocycles. The van der Waals surface area contributed by atoms with Crippen LogP contribution in [-0.4, -0.2) is 18.5 Å². The van der Waals surface area contributed by atoms with Crippen molar-refractivity contribution < 1.29 is 167 Å². The fourth-order valence-electron chi connectivity index (χ4n) is 19.5. The smallest absolute Gasteiger partial charge is 0.200 e. The molecule has 17 aromatic rings. The van der Waals surface area contributed by atoms with E-state index in [1.54, 1.807) is 6.07 Å². The van der Waals surface area contributed by atoms with Gasteiger partial charge >= 0.3 is 0 Å². The van der Waals surface area contributed by atoms with Crippen molar-refractivity contribution in [3.63, 3.8) is 0 Å². The van der Waals surface area contributed by atoms with Crippen molar-refractivity contribution >= 4 is 170 Å². The lowest BCUT2D eigenvalue weighted by Gasteiger charge is -2.48. The highest BCUT2D eigenvalue weighted by atomic mass is 31.1. The second-order valence-electron chi connectivity index (χ2n) is 31.8. The van der Waals surface area contributed by atoms with Gasteiger partial charge in [0.05, 0.1) is 77.0 Å². The molecule has 0 heterocycles. The van der Waals surface area contributed by atoms with Gasteiger partial charge in [0.15, 0.2) is 192 Å². The maximum absolute atomic E-state index is 19.3. The summed E-state index contributed by atoms with van der Waals surface area (Å²) in [5.74, 6) is -129. The van der Waals surface area contributed by atoms with E-state index in [9.17, 15) is 8.78 Å². The van der Waals surface area contributed by atoms with Gasteiger partial charge in [-0.3, -0.25) is 0 Å². The Labute approximate surface area is 703 Å². The summed E-state index contributed by atoms with van der Waals surface area (Å²) in [7, 11) is -1.05. The van der Waals surface area contributed by atoms with Gasteiger partial charge in [-0.25, -0.2) is 162 Å². The van der Waals surface area contributed by atoms with E-state index in [-0.39, 0.29) is 0 Å². The maximum Gasteiger partial charge on any atom is 0.200 e. The molecule has 0 N–H and O–H groups in total. The third kappa shape index (κ3) is 12.2. The number of hydrogen-bond acceptors (Lipinski definition) is 0. The second kappa shape index (κ2) is 32.6. The van der Waals surface area contributed by atoms with Crippen LogP contribution in [0.1, 0.15) is 105 Å². The van der Waals surface area contributed by atoms with Crippen molar-refractivity contribution in [3.05, 3.63) is 239 Å². The molecule has 0 radical (unpaired) electrons. The van der Waals surface area contributed by atoms with Gasteiger partial charge in [0.2, 0.25) is 5.82 Å². The summed E-state index contributed by atoms with van der Waals surface area (Å²) in [6, 6.07) is 4.81. The summed E-state index contributed by atoms with van der Waals surface area (Å²) >= 11 is 0. The zero-order valence-electron chi connectivity index (χ0n) is 65.7. The van der Waals surface area contributed by atoms with Crippen LogP contribution in [0.3, 0.4) is 0 Å². The largest absolute Gasteiger partial charge is 0.207 e. The van der Waals surface area contributed by atoms with E-state index < -0.39 is 386 Å². The lowest BCUT2D eigenvalue weighted by Crippen LogP contribution is -2.79. The molecule has 0 nitrogen and oxygen atoms in total. The highest BCUT2D eigenvalue weighted by Crippen LogP contribution is 2.54. The van der Waals surface area contributed by atoms with Crippen molar-refractivity contribution in [1.29, 1.82) is 0 Å². The zero-order chi connectivity index (χ0) is 94.9. The van der Waals surface area contributed by atoms with E-state index in [1.807, 2.05) is 6.07 Å². The third-order valence-corrected chi connectivity index (χ3v) is 28.4. The first kappa shape index (κ1) is 92.0. The summed E-state index contributed by atoms with van der Waals surface area (Å²) in [6.45, 7) is 9.13. The van der Waals surface area contributed by atoms with Crippen LogP contribution in [0, 0.1) is 233 Å². The standard InChI is InChI=1S/C64BF36.C26H45F2P/c66-29-9-1-5-17(33(29)70)49(86)61(98)53(90)21(5)41(78)37(74)13(1)45(82)57(94)25(9)65(26-10-2-6-18(34(71)30(10)67)50(87)62(99)54(91)22(6)42(79)38(75)14(2)46(83)58(26)95,27-11-3-7-19(35(72)31(11)68)51(88)63(100)55(92)23(7)43(80)39(76)15(3)47(84)59(27)96)28-12-4-8-20(36(73)32(12)69)52(89)64(101)56(93)24(8)44(81)40(77)16(4)48(85)60(28)97;1-5-8-9-10-11-12-13-20-29(25-17-14-16-24(27)26(25)28)21-22(4)18-19-23(7-3)15-6-2/h;14,16-17,22-23H,5-13,15,18-21H2,1-4H3/q-1;/p+1. The van der Waals surface area contributed by atoms with Crippen molar-refractivity contribution in [1.82, 2.24) is 0 Å². The van der Waals surface area contributed by atoms with E-state index in [2.05, 4.69) is 27.7 Å². The maximum atomic E-state index is 19.3. The Hall–Kier alpha value is -11.3. The van der Waals surface area contributed by atoms with Gasteiger partial charge in [0, 0.05) is 51.0 Å². The normalized spacial score (nSPS) is 13.3. The molecule has 0 spiro atoms. The molecular weight excluding hydrogens is 1840 g/mol. The topological polar surface area (TPSA) is 0 Å². The summed E-state index contributed by atoms with van der Waals surface area (Å²) in [4.78, 5) is 0. The minimum Gasteiger partial charge on any atom is -0.207 e. The first-order valence-corrected chi connectivity index (χ1v) is 41.2. The summed E-state index contributed by atoms with van der Waals surface area (Å²) in [5, 5.41) is -70.6. The van der Waals surface area contributed by atoms with Crippen LogP contribution in [0.25, 0.3) is 129 Å². The van der Waals surface area contributed by atoms with Crippen molar-refractivity contribution in [2.24, 2.45) is 11.8 Å². The summed E-state index contributed by atoms with van der Waals surface area (Å²) in [6.07, 6.45) is 8.93. The van der Waals surface area contributed by atoms with E-state index >= 15 is 158 Å². The molecule has 40 heteroatoms. The molecular formula is C90H46BF38P. The molecule has 0 aliphatic rings. The quantitative estimate of drug-likeness (QED) is 0.0168. The number of hydrogen-bond donors (Lipinski definition) is 0. The Morgan fingerprint density at radius 1 is 0.215 bits per heavy atom. The van der Waals surface area contributed by atoms with Gasteiger partial charge in [0.1, 0.15) is 34.7 Å². The average Bonchev–Trinajstić information content (AvgIpc) is 0.645. The fourth-order valence-corrected chi connectivity index (χ4v) is 22.7. The summed E-state index contributed by atoms with van der Waals surface area (Å²) < 4.78 is 649. The predicted octanol–water partition coefficient (Wildman–Crippen LogP) is 28.5. The molecule has 0 bridgehead atoms. The molecule has 0 aliphatic heterocycles. The van der Waals surface area contributed by atoms with Crippen LogP contribution in [-0.2, 0) is 0 Å². The van der Waals surface area contributed by atoms with Crippen LogP contribution in [0.5, 0.6) is 0 Å². The van der Waals surface area contributed by atoms with Crippen LogP contribution in [0.15, 0.2) is 18.2 Å². The molecule has 0 saturated heterocycles. The van der Waals surface area contributed by atoms with E-state index in [0.29, 0.717) is 11.2 Å². The molecule has 3 unspecified atom stereocenters. The molecule has 0 aromatic heterocycles. The first-order chi connectivity index (χ1) is 61.3. The fraction of sp³-hybridized carbons (Fsp3) is 0.222. The Kier molecular flexibility index (Phi) is 23.1. The Morgan fingerprint density at radius 3 is 0.669 bits per heavy atom. The molecule has 17 aromatic carbocycles. The van der Waals surface area contributed by atoms with Gasteiger partial charge in [-0.15, -0.1) is 21.9 Å². The highest BCUT2D eigenvalue weighted by Gasteiger charge is 2.54. The predicted molar refractivity (Wildman–Crippen MR) is 412 cm³/mol. The van der Waals surface area contributed by atoms with E-state index in [1.165, 1.54) is 76.7 Å². The Morgan fingerprint density at radius 2 is 0.431 bits per heavy atom. The van der Waals surface area contributed by atoms with Crippen molar-refractivity contribution in [2.75, 3.05) is 12.3 Å². The Balaban J connectivity index is 0.000000366. The molecule has 130 heavy (non-hydrogen) atoms. The van der Waals surface area contributed by atoms with Crippen LogP contribution in [0.2, 0.25) is 0 Å². The number of halogens is 38. The number of benzene rings is 17. The molecule has 0 aliphatic carbocycles. The van der Waals surface area contributed by atoms with Crippen molar-refractivity contribution in [2.45, 2.75) is 105 Å². The van der Waals surface area contributed by atoms with Gasteiger partial charge in [-0.1, -0.05) is 91.5 Å². The third-order valence-electron chi connectivity index (χ3n) is 25.1. The van der Waals surface area contributed by atoms with Gasteiger partial charge in [-0.2, -0.15) is 4.39 Å². The molecule has 0 fully saturated rings. The van der Waals surface area contributed by atoms with E-state index in [4.69, 9.17) is 0 Å². The van der Waals surface area contributed by atoms with Crippen LogP contribution >= 0.6 is 7.92 Å². The van der Waals surface area contributed by atoms with Crippen LogP contribution < -0.4 is 27.2 Å². The van der Waals surface area contributed by atoms with Crippen LogP contribution in [0.4, 0.5) is 167 Å². The second-order valence-corrected chi connectivity index (χ2v) is 34.5. The molecule has 3 atom stereocenters. The van der Waals surface area contributed by atoms with E-state index in [0.717, 1.165) is 24.7 Å². The van der Waals surface area contributed by atoms with Gasteiger partial charge in [0.25, 0.3) is 0 Å². The molecule has 0 amide bonds. The lowest BCUT2D eigenvalue weighted by atomic mass is 9.11. The zero-order valence-corrected chi connectivity index (χ0v) is 66.7. The minimum absolute atomic E-state index is 0.575. The monoisotopic (exact) mass is 1890 g/mol. The first-order valence-electron chi connectivity index (χ1n) is 39.3. The Bertz CT molecular complexity index is 6890. The average molecular weight is 1890 g/mol. The molecule has 17 rings (SSSR count). The summed E-state index contributed by atoms with van der Waals surface area (Å²) in [5.41, 5.74) is -15.9. The minimum atomic E-state index is -8.50. The lowest BCUT2D eigenvalue weighted by molar-refractivity contribution is 0.389. The molecule has 680 valence electrons. The highest BCUT2D eigenvalue weighted by molar-refractivity contribution is 7.65. The van der Waals surface area contributed by atoms with Crippen molar-refractivity contribution in [3.8, 4) is 0 Å². The SMILES string of the molecule is CCCCCCCCC[PH+](CC(C)CCC(CC)CCC)c1cccc(F)c1F.Fc1c(F)c2c(F)c(F)c3c(F)c(F)c([B-](c4c(F)c(F)c5c(F)c(F)c6c(F)c(F)c(F)c7c(F)c(F)c4c5c67)(c4c(F)c(F)c5c(F)c(F)c6c(F)c(F)c(F)c7c(F)c(F)c4c5c67)c4c(F)c(F)c5c(F)c(F)c6c(F)c(F)c(F)c7c(F)c(F)c4c5c67)c4c(F)c(F)c(c1F)c2c34. The van der Waals surface area contributed by atoms with Gasteiger partial charge in [-0.05, 0) is 64.8 Å².